The minimum absolute atomic E-state index is 0.0703. The maximum absolute atomic E-state index is 12.9. The maximum Gasteiger partial charge on any atom is 0.259 e. The second-order valence-electron chi connectivity index (χ2n) is 8.24. The minimum Gasteiger partial charge on any atom is -0.365 e. The molecule has 0 bridgehead atoms. The normalized spacial score (nSPS) is 11.4. The van der Waals surface area contributed by atoms with E-state index in [4.69, 9.17) is 0 Å². The van der Waals surface area contributed by atoms with Crippen molar-refractivity contribution in [2.75, 3.05) is 10.6 Å². The van der Waals surface area contributed by atoms with Crippen LogP contribution in [0.3, 0.4) is 0 Å². The summed E-state index contributed by atoms with van der Waals surface area (Å²) in [6, 6.07) is 15.4. The lowest BCUT2D eigenvalue weighted by Gasteiger charge is -2.19. The number of hydrogen-bond acceptors (Lipinski definition) is 4. The maximum atomic E-state index is 12.9. The molecule has 6 heteroatoms. The topological polar surface area (TPSA) is 82.7 Å². The van der Waals surface area contributed by atoms with Crippen LogP contribution in [-0.2, 0) is 12.0 Å². The van der Waals surface area contributed by atoms with Crippen molar-refractivity contribution < 1.29 is 4.79 Å². The molecule has 1 aromatic carbocycles. The van der Waals surface area contributed by atoms with Crippen molar-refractivity contribution in [1.29, 1.82) is 0 Å². The Labute approximate surface area is 175 Å². The Morgan fingerprint density at radius 1 is 1.00 bits per heavy atom. The second kappa shape index (κ2) is 7.99. The number of aromatic amines is 1. The van der Waals surface area contributed by atoms with Crippen LogP contribution in [0.2, 0.25) is 0 Å². The lowest BCUT2D eigenvalue weighted by atomic mass is 9.87. The molecule has 0 radical (unpaired) electrons. The van der Waals surface area contributed by atoms with E-state index in [9.17, 15) is 4.79 Å². The second-order valence-corrected chi connectivity index (χ2v) is 8.24. The van der Waals surface area contributed by atoms with Crippen LogP contribution < -0.4 is 10.6 Å². The van der Waals surface area contributed by atoms with E-state index in [0.29, 0.717) is 17.9 Å². The molecule has 3 aromatic heterocycles. The summed E-state index contributed by atoms with van der Waals surface area (Å²) in [6.07, 6.45) is 5.31. The Hall–Kier alpha value is -3.67. The Kier molecular flexibility index (Phi) is 5.23. The summed E-state index contributed by atoms with van der Waals surface area (Å²) in [7, 11) is 0. The van der Waals surface area contributed by atoms with Crippen molar-refractivity contribution in [3.8, 4) is 0 Å². The molecule has 0 atom stereocenters. The van der Waals surface area contributed by atoms with Crippen LogP contribution in [0.4, 0.5) is 11.5 Å². The lowest BCUT2D eigenvalue weighted by Crippen LogP contribution is -2.16. The van der Waals surface area contributed by atoms with Crippen LogP contribution in [0.1, 0.15) is 42.3 Å². The van der Waals surface area contributed by atoms with Crippen molar-refractivity contribution in [3.05, 3.63) is 83.8 Å². The molecule has 3 heterocycles. The Morgan fingerprint density at radius 2 is 1.80 bits per heavy atom. The van der Waals surface area contributed by atoms with Crippen molar-refractivity contribution in [2.45, 2.75) is 32.7 Å². The zero-order chi connectivity index (χ0) is 21.1. The number of anilines is 2. The summed E-state index contributed by atoms with van der Waals surface area (Å²) < 4.78 is 0. The fourth-order valence-electron chi connectivity index (χ4n) is 3.33. The van der Waals surface area contributed by atoms with Gasteiger partial charge in [0.25, 0.3) is 5.91 Å². The molecular formula is C24H25N5O. The van der Waals surface area contributed by atoms with E-state index >= 15 is 0 Å². The Bertz CT molecular complexity index is 1170. The molecule has 152 valence electrons. The van der Waals surface area contributed by atoms with E-state index in [0.717, 1.165) is 22.3 Å². The molecule has 0 saturated carbocycles. The zero-order valence-corrected chi connectivity index (χ0v) is 17.4. The van der Waals surface area contributed by atoms with Crippen molar-refractivity contribution in [1.82, 2.24) is 15.0 Å². The number of rotatable bonds is 5. The van der Waals surface area contributed by atoms with E-state index in [1.807, 2.05) is 42.6 Å². The number of pyridine rings is 2. The predicted octanol–water partition coefficient (Wildman–Crippen LogP) is 5.12. The van der Waals surface area contributed by atoms with Crippen LogP contribution in [0, 0.1) is 0 Å². The molecule has 0 aliphatic carbocycles. The van der Waals surface area contributed by atoms with Gasteiger partial charge in [-0.3, -0.25) is 4.79 Å². The number of aromatic nitrogens is 3. The summed E-state index contributed by atoms with van der Waals surface area (Å²) in [5.41, 5.74) is 4.46. The van der Waals surface area contributed by atoms with Crippen molar-refractivity contribution in [2.24, 2.45) is 0 Å². The minimum atomic E-state index is -0.198. The number of nitrogens with one attached hydrogen (secondary N) is 3. The third kappa shape index (κ3) is 4.17. The first-order valence-corrected chi connectivity index (χ1v) is 9.93. The summed E-state index contributed by atoms with van der Waals surface area (Å²) in [4.78, 5) is 24.7. The van der Waals surface area contributed by atoms with E-state index in [2.05, 4.69) is 46.4 Å². The highest BCUT2D eigenvalue weighted by Gasteiger charge is 2.15. The van der Waals surface area contributed by atoms with Gasteiger partial charge in [-0.15, -0.1) is 0 Å². The number of fused-ring (bicyclic) bond motifs is 1. The van der Waals surface area contributed by atoms with Gasteiger partial charge in [0, 0.05) is 36.2 Å². The molecule has 0 unspecified atom stereocenters. The predicted molar refractivity (Wildman–Crippen MR) is 121 cm³/mol. The molecule has 6 nitrogen and oxygen atoms in total. The molecule has 30 heavy (non-hydrogen) atoms. The SMILES string of the molecule is CC(C)(C)c1ccc(NC(=O)c2cccnc2NCc2ccnc3[nH]ccc23)cc1. The summed E-state index contributed by atoms with van der Waals surface area (Å²) in [5, 5.41) is 7.31. The van der Waals surface area contributed by atoms with Gasteiger partial charge in [-0.05, 0) is 52.9 Å². The summed E-state index contributed by atoms with van der Waals surface area (Å²) in [5.74, 6) is 0.345. The van der Waals surface area contributed by atoms with Crippen LogP contribution in [-0.4, -0.2) is 20.9 Å². The smallest absolute Gasteiger partial charge is 0.259 e. The van der Waals surface area contributed by atoms with E-state index in [-0.39, 0.29) is 11.3 Å². The fourth-order valence-corrected chi connectivity index (χ4v) is 3.33. The number of carbonyl (C=O) groups excluding carboxylic acids is 1. The van der Waals surface area contributed by atoms with E-state index in [1.54, 1.807) is 24.5 Å². The van der Waals surface area contributed by atoms with Gasteiger partial charge in [0.1, 0.15) is 11.5 Å². The van der Waals surface area contributed by atoms with Gasteiger partial charge in [-0.25, -0.2) is 9.97 Å². The molecular weight excluding hydrogens is 374 g/mol. The number of amides is 1. The monoisotopic (exact) mass is 399 g/mol. The molecule has 0 spiro atoms. The first-order chi connectivity index (χ1) is 14.4. The fraction of sp³-hybridized carbons (Fsp3) is 0.208. The standard InChI is InChI=1S/C24H25N5O/c1-24(2,3)17-6-8-18(9-7-17)29-23(30)20-5-4-12-25-22(20)28-15-16-10-13-26-21-19(16)11-14-27-21/h4-14H,15H2,1-3H3,(H,25,28)(H,26,27)(H,29,30). The van der Waals surface area contributed by atoms with Gasteiger partial charge in [0.2, 0.25) is 0 Å². The van der Waals surface area contributed by atoms with Crippen molar-refractivity contribution in [3.63, 3.8) is 0 Å². The Morgan fingerprint density at radius 3 is 2.57 bits per heavy atom. The average molecular weight is 399 g/mol. The van der Waals surface area contributed by atoms with Gasteiger partial charge >= 0.3 is 0 Å². The largest absolute Gasteiger partial charge is 0.365 e. The zero-order valence-electron chi connectivity index (χ0n) is 17.4. The average Bonchev–Trinajstić information content (AvgIpc) is 3.21. The number of nitrogens with zero attached hydrogens (tertiary/aromatic N) is 2. The molecule has 4 aromatic rings. The van der Waals surface area contributed by atoms with E-state index < -0.39 is 0 Å². The number of carbonyl (C=O) groups is 1. The van der Waals surface area contributed by atoms with Gasteiger partial charge < -0.3 is 15.6 Å². The molecule has 3 N–H and O–H groups in total. The summed E-state index contributed by atoms with van der Waals surface area (Å²) >= 11 is 0. The molecule has 4 rings (SSSR count). The summed E-state index contributed by atoms with van der Waals surface area (Å²) in [6.45, 7) is 7.03. The Balaban J connectivity index is 1.50. The van der Waals surface area contributed by atoms with Crippen LogP contribution in [0.25, 0.3) is 11.0 Å². The molecule has 0 aliphatic heterocycles. The first kappa shape index (κ1) is 19.6. The highest BCUT2D eigenvalue weighted by atomic mass is 16.1. The van der Waals surface area contributed by atoms with Crippen LogP contribution >= 0.6 is 0 Å². The first-order valence-electron chi connectivity index (χ1n) is 9.93. The lowest BCUT2D eigenvalue weighted by molar-refractivity contribution is 0.102. The van der Waals surface area contributed by atoms with Crippen molar-refractivity contribution >= 4 is 28.4 Å². The van der Waals surface area contributed by atoms with E-state index in [1.165, 1.54) is 5.56 Å². The van der Waals surface area contributed by atoms with Gasteiger partial charge in [0.05, 0.1) is 5.56 Å². The molecule has 0 fully saturated rings. The third-order valence-electron chi connectivity index (χ3n) is 5.06. The molecule has 0 aliphatic rings. The number of H-pyrrole nitrogens is 1. The van der Waals surface area contributed by atoms with Crippen LogP contribution in [0.5, 0.6) is 0 Å². The highest BCUT2D eigenvalue weighted by Crippen LogP contribution is 2.24. The van der Waals surface area contributed by atoms with Gasteiger partial charge in [0.15, 0.2) is 0 Å². The number of hydrogen-bond donors (Lipinski definition) is 3. The van der Waals surface area contributed by atoms with Gasteiger partial charge in [-0.2, -0.15) is 0 Å². The van der Waals surface area contributed by atoms with Crippen LogP contribution in [0.15, 0.2) is 67.1 Å². The molecule has 1 amide bonds. The van der Waals surface area contributed by atoms with Gasteiger partial charge in [-0.1, -0.05) is 32.9 Å². The molecule has 0 saturated heterocycles. The number of benzene rings is 1. The third-order valence-corrected chi connectivity index (χ3v) is 5.06. The quantitative estimate of drug-likeness (QED) is 0.435. The highest BCUT2D eigenvalue weighted by molar-refractivity contribution is 6.07.